The van der Waals surface area contributed by atoms with E-state index in [-0.39, 0.29) is 12.0 Å². The molecule has 6 atom stereocenters. The Hall–Kier alpha value is -3.72. The second-order valence-electron chi connectivity index (χ2n) is 10.8. The van der Waals surface area contributed by atoms with Gasteiger partial charge in [-0.15, -0.1) is 0 Å². The summed E-state index contributed by atoms with van der Waals surface area (Å²) in [5.41, 5.74) is 4.14. The summed E-state index contributed by atoms with van der Waals surface area (Å²) >= 11 is 0. The summed E-state index contributed by atoms with van der Waals surface area (Å²) in [7, 11) is 3.35. The third-order valence-corrected chi connectivity index (χ3v) is 8.03. The first kappa shape index (κ1) is 29.4. The zero-order valence-electron chi connectivity index (χ0n) is 24.5. The lowest BCUT2D eigenvalue weighted by Gasteiger charge is -2.50. The van der Waals surface area contributed by atoms with E-state index < -0.39 is 24.6 Å². The molecule has 0 unspecified atom stereocenters. The van der Waals surface area contributed by atoms with Crippen LogP contribution in [0.3, 0.4) is 0 Å². The predicted octanol–water partition coefficient (Wildman–Crippen LogP) is 6.50. The summed E-state index contributed by atoms with van der Waals surface area (Å²) in [6.45, 7) is 1.56. The van der Waals surface area contributed by atoms with Crippen LogP contribution in [0.1, 0.15) is 28.4 Å². The van der Waals surface area contributed by atoms with Crippen LogP contribution in [-0.4, -0.2) is 45.4 Å². The highest BCUT2D eigenvalue weighted by Crippen LogP contribution is 2.48. The standard InChI is InChI=1S/C36H38O7/c1-37-28-18-19-29-30(20-28)42-36-32(33(29)38-2)35(41-23-27-16-10-5-11-17-27)34(40-22-26-14-8-4-9-15-26)31(43-36)24-39-21-25-12-6-3-7-13-25/h3-20,31-36H,21-24H2,1-2H3/t31-,32-,33+,34+,35-,36+/m1/s1. The number of methoxy groups -OCH3 is 2. The van der Waals surface area contributed by atoms with Gasteiger partial charge in [-0.25, -0.2) is 0 Å². The summed E-state index contributed by atoms with van der Waals surface area (Å²) in [5.74, 6) is 1.06. The maximum Gasteiger partial charge on any atom is 0.208 e. The maximum atomic E-state index is 6.78. The van der Waals surface area contributed by atoms with Gasteiger partial charge in [-0.1, -0.05) is 91.0 Å². The average molecular weight is 583 g/mol. The number of ether oxygens (including phenoxy) is 7. The molecule has 0 aromatic heterocycles. The third-order valence-electron chi connectivity index (χ3n) is 8.03. The van der Waals surface area contributed by atoms with Crippen LogP contribution < -0.4 is 9.47 Å². The fourth-order valence-electron chi connectivity index (χ4n) is 5.89. The fourth-order valence-corrected chi connectivity index (χ4v) is 5.89. The summed E-state index contributed by atoms with van der Waals surface area (Å²) < 4.78 is 44.6. The third kappa shape index (κ3) is 6.93. The minimum absolute atomic E-state index is 0.300. The lowest BCUT2D eigenvalue weighted by molar-refractivity contribution is -0.306. The van der Waals surface area contributed by atoms with E-state index in [1.54, 1.807) is 14.2 Å². The molecule has 224 valence electrons. The van der Waals surface area contributed by atoms with Crippen molar-refractivity contribution in [3.8, 4) is 11.5 Å². The highest BCUT2D eigenvalue weighted by molar-refractivity contribution is 5.44. The highest BCUT2D eigenvalue weighted by Gasteiger charge is 2.54. The van der Waals surface area contributed by atoms with Gasteiger partial charge in [0.1, 0.15) is 23.7 Å². The summed E-state index contributed by atoms with van der Waals surface area (Å²) in [5, 5.41) is 0. The van der Waals surface area contributed by atoms with Crippen molar-refractivity contribution in [1.82, 2.24) is 0 Å². The van der Waals surface area contributed by atoms with Crippen LogP contribution in [0.5, 0.6) is 11.5 Å². The summed E-state index contributed by atoms with van der Waals surface area (Å²) in [6, 6.07) is 36.2. The lowest BCUT2D eigenvalue weighted by atomic mass is 9.81. The maximum absolute atomic E-state index is 6.78. The molecule has 0 bridgehead atoms. The van der Waals surface area contributed by atoms with E-state index >= 15 is 0 Å². The van der Waals surface area contributed by atoms with Gasteiger partial charge in [0.25, 0.3) is 0 Å². The Morgan fingerprint density at radius 2 is 1.23 bits per heavy atom. The van der Waals surface area contributed by atoms with Crippen molar-refractivity contribution >= 4 is 0 Å². The van der Waals surface area contributed by atoms with Gasteiger partial charge in [0.05, 0.1) is 51.7 Å². The predicted molar refractivity (Wildman–Crippen MR) is 162 cm³/mol. The Labute approximate surface area is 253 Å². The second kappa shape index (κ2) is 14.2. The molecule has 7 nitrogen and oxygen atoms in total. The molecule has 0 spiro atoms. The Morgan fingerprint density at radius 3 is 1.81 bits per heavy atom. The van der Waals surface area contributed by atoms with E-state index in [1.807, 2.05) is 84.9 Å². The summed E-state index contributed by atoms with van der Waals surface area (Å²) in [6.07, 6.45) is -2.34. The van der Waals surface area contributed by atoms with Crippen molar-refractivity contribution in [3.05, 3.63) is 131 Å². The van der Waals surface area contributed by atoms with Gasteiger partial charge < -0.3 is 33.2 Å². The molecule has 4 aromatic carbocycles. The first-order valence-electron chi connectivity index (χ1n) is 14.7. The molecule has 0 saturated carbocycles. The Balaban J connectivity index is 1.32. The van der Waals surface area contributed by atoms with Crippen molar-refractivity contribution < 1.29 is 33.2 Å². The fraction of sp³-hybridized carbons (Fsp3) is 0.333. The monoisotopic (exact) mass is 582 g/mol. The zero-order chi connectivity index (χ0) is 29.4. The van der Waals surface area contributed by atoms with Crippen molar-refractivity contribution in [2.24, 2.45) is 5.92 Å². The van der Waals surface area contributed by atoms with Crippen molar-refractivity contribution in [1.29, 1.82) is 0 Å². The number of hydrogen-bond donors (Lipinski definition) is 0. The normalized spacial score (nSPS) is 24.4. The van der Waals surface area contributed by atoms with Crippen LogP contribution >= 0.6 is 0 Å². The Kier molecular flexibility index (Phi) is 9.67. The molecule has 2 aliphatic heterocycles. The number of benzene rings is 4. The molecule has 0 amide bonds. The van der Waals surface area contributed by atoms with E-state index in [1.165, 1.54) is 0 Å². The highest BCUT2D eigenvalue weighted by atomic mass is 16.7. The molecule has 2 heterocycles. The van der Waals surface area contributed by atoms with E-state index in [9.17, 15) is 0 Å². The number of hydrogen-bond acceptors (Lipinski definition) is 7. The van der Waals surface area contributed by atoms with E-state index in [4.69, 9.17) is 33.2 Å². The van der Waals surface area contributed by atoms with Crippen LogP contribution in [0.4, 0.5) is 0 Å². The van der Waals surface area contributed by atoms with Crippen LogP contribution in [-0.2, 0) is 43.5 Å². The van der Waals surface area contributed by atoms with Gasteiger partial charge in [-0.2, -0.15) is 0 Å². The van der Waals surface area contributed by atoms with Gasteiger partial charge in [0, 0.05) is 18.7 Å². The first-order chi connectivity index (χ1) is 21.2. The molecular formula is C36H38O7. The molecule has 2 aliphatic rings. The SMILES string of the molecule is COc1ccc2c(c1)O[C@H]1O[C@H](COCc3ccccc3)[C@H](OCc3ccccc3)[C@H](OCc3ccccc3)[C@H]1[C@H]2OC. The number of rotatable bonds is 12. The molecule has 0 radical (unpaired) electrons. The summed E-state index contributed by atoms with van der Waals surface area (Å²) in [4.78, 5) is 0. The van der Waals surface area contributed by atoms with Gasteiger partial charge in [-0.05, 0) is 28.8 Å². The van der Waals surface area contributed by atoms with Crippen LogP contribution in [0.25, 0.3) is 0 Å². The van der Waals surface area contributed by atoms with E-state index in [0.29, 0.717) is 37.9 Å². The van der Waals surface area contributed by atoms with E-state index in [2.05, 4.69) is 24.3 Å². The van der Waals surface area contributed by atoms with Crippen molar-refractivity contribution in [3.63, 3.8) is 0 Å². The zero-order valence-corrected chi connectivity index (χ0v) is 24.5. The van der Waals surface area contributed by atoms with Crippen LogP contribution in [0.2, 0.25) is 0 Å². The molecule has 4 aromatic rings. The molecule has 0 aliphatic carbocycles. The second-order valence-corrected chi connectivity index (χ2v) is 10.8. The quantitative estimate of drug-likeness (QED) is 0.189. The van der Waals surface area contributed by atoms with Gasteiger partial charge >= 0.3 is 0 Å². The molecule has 1 saturated heterocycles. The van der Waals surface area contributed by atoms with Crippen LogP contribution in [0.15, 0.2) is 109 Å². The van der Waals surface area contributed by atoms with Crippen molar-refractivity contribution in [2.75, 3.05) is 20.8 Å². The molecule has 1 fully saturated rings. The van der Waals surface area contributed by atoms with Crippen molar-refractivity contribution in [2.45, 2.75) is 50.5 Å². The average Bonchev–Trinajstić information content (AvgIpc) is 3.06. The van der Waals surface area contributed by atoms with Gasteiger partial charge in [0.2, 0.25) is 6.29 Å². The lowest BCUT2D eigenvalue weighted by Crippen LogP contribution is -2.61. The molecule has 43 heavy (non-hydrogen) atoms. The Morgan fingerprint density at radius 1 is 0.651 bits per heavy atom. The van der Waals surface area contributed by atoms with E-state index in [0.717, 1.165) is 22.3 Å². The smallest absolute Gasteiger partial charge is 0.208 e. The number of fused-ring (bicyclic) bond motifs is 2. The molecule has 7 heteroatoms. The van der Waals surface area contributed by atoms with Crippen LogP contribution in [0, 0.1) is 5.92 Å². The van der Waals surface area contributed by atoms with Gasteiger partial charge in [0.15, 0.2) is 0 Å². The minimum atomic E-state index is -0.646. The Bertz CT molecular complexity index is 1420. The molecule has 6 rings (SSSR count). The largest absolute Gasteiger partial charge is 0.497 e. The topological polar surface area (TPSA) is 64.6 Å². The minimum Gasteiger partial charge on any atom is -0.497 e. The first-order valence-corrected chi connectivity index (χ1v) is 14.7. The molecular weight excluding hydrogens is 544 g/mol. The molecule has 0 N–H and O–H groups in total. The van der Waals surface area contributed by atoms with Gasteiger partial charge in [-0.3, -0.25) is 0 Å².